The number of rotatable bonds is 5. The average molecular weight is 297 g/mol. The normalized spacial score (nSPS) is 14.9. The van der Waals surface area contributed by atoms with Crippen LogP contribution < -0.4 is 5.32 Å². The summed E-state index contributed by atoms with van der Waals surface area (Å²) >= 11 is 1.72. The lowest BCUT2D eigenvalue weighted by molar-refractivity contribution is 0.686. The molecule has 0 saturated heterocycles. The van der Waals surface area contributed by atoms with E-state index in [1.165, 1.54) is 29.3 Å². The summed E-state index contributed by atoms with van der Waals surface area (Å²) in [4.78, 5) is 4.59. The molecular formula is C17H19N3S. The number of aryl methyl sites for hydroxylation is 1. The summed E-state index contributed by atoms with van der Waals surface area (Å²) in [6.45, 7) is 3.88. The van der Waals surface area contributed by atoms with Crippen LogP contribution in [-0.2, 0) is 13.1 Å². The predicted molar refractivity (Wildman–Crippen MR) is 87.8 cm³/mol. The van der Waals surface area contributed by atoms with Gasteiger partial charge in [-0.15, -0.1) is 11.3 Å². The van der Waals surface area contributed by atoms with Crippen molar-refractivity contribution in [2.45, 2.75) is 38.9 Å². The van der Waals surface area contributed by atoms with Crippen molar-refractivity contribution in [1.29, 1.82) is 0 Å². The minimum atomic E-state index is 0.741. The molecule has 3 aromatic rings. The van der Waals surface area contributed by atoms with Crippen LogP contribution in [0.4, 0.5) is 0 Å². The third kappa shape index (κ3) is 2.74. The molecular weight excluding hydrogens is 278 g/mol. The van der Waals surface area contributed by atoms with Crippen molar-refractivity contribution in [3.63, 3.8) is 0 Å². The van der Waals surface area contributed by atoms with Crippen LogP contribution in [0.15, 0.2) is 35.8 Å². The molecule has 21 heavy (non-hydrogen) atoms. The molecule has 0 amide bonds. The van der Waals surface area contributed by atoms with E-state index in [-0.39, 0.29) is 0 Å². The first kappa shape index (κ1) is 13.0. The SMILES string of the molecule is Cc1nc(Cn2ccc3cccc(CNC4CC4)c32)cs1. The molecule has 1 fully saturated rings. The summed E-state index contributed by atoms with van der Waals surface area (Å²) in [6.07, 6.45) is 4.84. The fourth-order valence-corrected chi connectivity index (χ4v) is 3.42. The van der Waals surface area contributed by atoms with Gasteiger partial charge in [0.2, 0.25) is 0 Å². The summed E-state index contributed by atoms with van der Waals surface area (Å²) in [5.41, 5.74) is 3.88. The van der Waals surface area contributed by atoms with Gasteiger partial charge in [0.1, 0.15) is 0 Å². The van der Waals surface area contributed by atoms with E-state index in [9.17, 15) is 0 Å². The zero-order chi connectivity index (χ0) is 14.2. The van der Waals surface area contributed by atoms with Gasteiger partial charge in [0.05, 0.1) is 22.8 Å². The number of hydrogen-bond acceptors (Lipinski definition) is 3. The number of para-hydroxylation sites is 1. The second-order valence-electron chi connectivity index (χ2n) is 5.81. The second kappa shape index (κ2) is 5.28. The Morgan fingerprint density at radius 2 is 2.24 bits per heavy atom. The van der Waals surface area contributed by atoms with Gasteiger partial charge in [-0.2, -0.15) is 0 Å². The van der Waals surface area contributed by atoms with Gasteiger partial charge in [-0.3, -0.25) is 0 Å². The van der Waals surface area contributed by atoms with E-state index in [1.54, 1.807) is 11.3 Å². The van der Waals surface area contributed by atoms with E-state index < -0.39 is 0 Å². The first-order chi connectivity index (χ1) is 10.3. The van der Waals surface area contributed by atoms with Crippen LogP contribution in [0.1, 0.15) is 29.1 Å². The van der Waals surface area contributed by atoms with Crippen LogP contribution >= 0.6 is 11.3 Å². The van der Waals surface area contributed by atoms with Crippen LogP contribution in [0.5, 0.6) is 0 Å². The Morgan fingerprint density at radius 3 is 3.00 bits per heavy atom. The minimum absolute atomic E-state index is 0.741. The molecule has 1 aromatic carbocycles. The molecule has 1 aliphatic carbocycles. The third-order valence-electron chi connectivity index (χ3n) is 4.03. The molecule has 2 aromatic heterocycles. The highest BCUT2D eigenvalue weighted by molar-refractivity contribution is 7.09. The molecule has 0 spiro atoms. The van der Waals surface area contributed by atoms with Gasteiger partial charge in [-0.25, -0.2) is 4.98 Å². The largest absolute Gasteiger partial charge is 0.341 e. The van der Waals surface area contributed by atoms with Gasteiger partial charge < -0.3 is 9.88 Å². The van der Waals surface area contributed by atoms with Crippen molar-refractivity contribution < 1.29 is 0 Å². The van der Waals surface area contributed by atoms with Crippen molar-refractivity contribution in [2.24, 2.45) is 0 Å². The molecule has 108 valence electrons. The predicted octanol–water partition coefficient (Wildman–Crippen LogP) is 3.71. The number of aromatic nitrogens is 2. The van der Waals surface area contributed by atoms with E-state index >= 15 is 0 Å². The van der Waals surface area contributed by atoms with Gasteiger partial charge in [0.15, 0.2) is 0 Å². The fraction of sp³-hybridized carbons (Fsp3) is 0.353. The summed E-state index contributed by atoms with van der Waals surface area (Å²) < 4.78 is 2.33. The second-order valence-corrected chi connectivity index (χ2v) is 6.87. The van der Waals surface area contributed by atoms with Crippen LogP contribution in [0.3, 0.4) is 0 Å². The van der Waals surface area contributed by atoms with Crippen LogP contribution in [0.25, 0.3) is 10.9 Å². The molecule has 1 N–H and O–H groups in total. The minimum Gasteiger partial charge on any atom is -0.341 e. The van der Waals surface area contributed by atoms with Crippen LogP contribution in [-0.4, -0.2) is 15.6 Å². The Balaban J connectivity index is 1.67. The Kier molecular flexibility index (Phi) is 3.28. The van der Waals surface area contributed by atoms with E-state index in [4.69, 9.17) is 0 Å². The molecule has 0 aliphatic heterocycles. The molecule has 3 nitrogen and oxygen atoms in total. The standard InChI is InChI=1S/C17H19N3S/c1-12-19-16(11-21-12)10-20-8-7-13-3-2-4-14(17(13)20)9-18-15-5-6-15/h2-4,7-8,11,15,18H,5-6,9-10H2,1H3. The van der Waals surface area contributed by atoms with E-state index in [1.807, 2.05) is 0 Å². The number of nitrogens with one attached hydrogen (secondary N) is 1. The Labute approximate surface area is 128 Å². The smallest absolute Gasteiger partial charge is 0.0898 e. The first-order valence-corrected chi connectivity index (χ1v) is 8.39. The van der Waals surface area contributed by atoms with Gasteiger partial charge >= 0.3 is 0 Å². The lowest BCUT2D eigenvalue weighted by Gasteiger charge is -2.10. The summed E-state index contributed by atoms with van der Waals surface area (Å²) in [6, 6.07) is 9.53. The molecule has 1 aliphatic rings. The molecule has 0 radical (unpaired) electrons. The topological polar surface area (TPSA) is 29.9 Å². The van der Waals surface area contributed by atoms with Crippen molar-refractivity contribution >= 4 is 22.2 Å². The maximum atomic E-state index is 4.59. The van der Waals surface area contributed by atoms with E-state index in [2.05, 4.69) is 57.6 Å². The molecule has 2 heterocycles. The molecule has 0 atom stereocenters. The molecule has 1 saturated carbocycles. The van der Waals surface area contributed by atoms with Crippen LogP contribution in [0, 0.1) is 6.92 Å². The van der Waals surface area contributed by atoms with Gasteiger partial charge in [0.25, 0.3) is 0 Å². The third-order valence-corrected chi connectivity index (χ3v) is 4.85. The zero-order valence-corrected chi connectivity index (χ0v) is 13.0. The number of benzene rings is 1. The summed E-state index contributed by atoms with van der Waals surface area (Å²) in [5.74, 6) is 0. The van der Waals surface area contributed by atoms with Gasteiger partial charge in [0, 0.05) is 24.2 Å². The fourth-order valence-electron chi connectivity index (χ4n) is 2.81. The number of fused-ring (bicyclic) bond motifs is 1. The highest BCUT2D eigenvalue weighted by Crippen LogP contribution is 2.24. The van der Waals surface area contributed by atoms with Crippen molar-refractivity contribution in [1.82, 2.24) is 14.9 Å². The number of hydrogen-bond donors (Lipinski definition) is 1. The maximum absolute atomic E-state index is 4.59. The van der Waals surface area contributed by atoms with Crippen LogP contribution in [0.2, 0.25) is 0 Å². The Morgan fingerprint density at radius 1 is 1.33 bits per heavy atom. The first-order valence-electron chi connectivity index (χ1n) is 7.51. The Hall–Kier alpha value is -1.65. The summed E-state index contributed by atoms with van der Waals surface area (Å²) in [5, 5.41) is 8.23. The highest BCUT2D eigenvalue weighted by atomic mass is 32.1. The van der Waals surface area contributed by atoms with Crippen molar-refractivity contribution in [3.05, 3.63) is 52.1 Å². The Bertz CT molecular complexity index is 767. The zero-order valence-electron chi connectivity index (χ0n) is 12.2. The van der Waals surface area contributed by atoms with E-state index in [0.29, 0.717) is 0 Å². The van der Waals surface area contributed by atoms with Crippen molar-refractivity contribution in [2.75, 3.05) is 0 Å². The lowest BCUT2D eigenvalue weighted by atomic mass is 10.1. The lowest BCUT2D eigenvalue weighted by Crippen LogP contribution is -2.16. The molecule has 0 bridgehead atoms. The summed E-state index contributed by atoms with van der Waals surface area (Å²) in [7, 11) is 0. The molecule has 0 unspecified atom stereocenters. The number of thiazole rings is 1. The monoisotopic (exact) mass is 297 g/mol. The van der Waals surface area contributed by atoms with Crippen molar-refractivity contribution in [3.8, 4) is 0 Å². The molecule has 4 heteroatoms. The highest BCUT2D eigenvalue weighted by Gasteiger charge is 2.20. The quantitative estimate of drug-likeness (QED) is 0.778. The average Bonchev–Trinajstić information content (AvgIpc) is 3.10. The molecule has 4 rings (SSSR count). The van der Waals surface area contributed by atoms with E-state index in [0.717, 1.165) is 29.8 Å². The van der Waals surface area contributed by atoms with Gasteiger partial charge in [-0.05, 0) is 36.8 Å². The number of nitrogens with zero attached hydrogens (tertiary/aromatic N) is 2. The van der Waals surface area contributed by atoms with Gasteiger partial charge in [-0.1, -0.05) is 18.2 Å². The maximum Gasteiger partial charge on any atom is 0.0898 e.